The second-order valence-corrected chi connectivity index (χ2v) is 7.48. The summed E-state index contributed by atoms with van der Waals surface area (Å²) in [7, 11) is 0. The highest BCUT2D eigenvalue weighted by atomic mass is 16.5. The van der Waals surface area contributed by atoms with Crippen molar-refractivity contribution >= 4 is 11.8 Å². The molecule has 29 heavy (non-hydrogen) atoms. The van der Waals surface area contributed by atoms with Crippen LogP contribution in [0.5, 0.6) is 11.5 Å². The van der Waals surface area contributed by atoms with E-state index in [0.717, 1.165) is 31.7 Å². The third kappa shape index (κ3) is 4.70. The average Bonchev–Trinajstić information content (AvgIpc) is 3.43. The van der Waals surface area contributed by atoms with Crippen LogP contribution in [0.25, 0.3) is 0 Å². The summed E-state index contributed by atoms with van der Waals surface area (Å²) >= 11 is 0. The topological polar surface area (TPSA) is 59.1 Å². The van der Waals surface area contributed by atoms with Crippen LogP contribution in [0.2, 0.25) is 0 Å². The number of hydrogen-bond donors (Lipinski definition) is 0. The van der Waals surface area contributed by atoms with Crippen LogP contribution in [0, 0.1) is 0 Å². The van der Waals surface area contributed by atoms with Crippen molar-refractivity contribution in [2.24, 2.45) is 0 Å². The molecular weight excluding hydrogens is 368 g/mol. The van der Waals surface area contributed by atoms with Crippen molar-refractivity contribution in [3.8, 4) is 11.5 Å². The summed E-state index contributed by atoms with van der Waals surface area (Å²) in [5, 5.41) is 0. The summed E-state index contributed by atoms with van der Waals surface area (Å²) in [4.78, 5) is 29.5. The van der Waals surface area contributed by atoms with Gasteiger partial charge in [-0.2, -0.15) is 0 Å². The van der Waals surface area contributed by atoms with E-state index in [1.165, 1.54) is 0 Å². The van der Waals surface area contributed by atoms with E-state index in [1.54, 1.807) is 4.90 Å². The van der Waals surface area contributed by atoms with Crippen LogP contribution >= 0.6 is 0 Å². The monoisotopic (exact) mass is 394 g/mol. The molecule has 0 spiro atoms. The van der Waals surface area contributed by atoms with Crippen LogP contribution in [-0.4, -0.2) is 60.0 Å². The Morgan fingerprint density at radius 2 is 1.52 bits per heavy atom. The molecule has 2 atom stereocenters. The van der Waals surface area contributed by atoms with Crippen molar-refractivity contribution in [3.05, 3.63) is 60.7 Å². The molecule has 2 unspecified atom stereocenters. The highest BCUT2D eigenvalue weighted by Crippen LogP contribution is 2.26. The lowest BCUT2D eigenvalue weighted by Crippen LogP contribution is -2.48. The minimum Gasteiger partial charge on any atom is -0.488 e. The van der Waals surface area contributed by atoms with Gasteiger partial charge in [0.1, 0.15) is 23.6 Å². The summed E-state index contributed by atoms with van der Waals surface area (Å²) in [5.41, 5.74) is 0. The minimum atomic E-state index is -0.492. The van der Waals surface area contributed by atoms with E-state index in [-0.39, 0.29) is 24.5 Å². The SMILES string of the molecule is O=C(C1CC(Oc2ccccc2)CN1C(=O)COc1ccccc1)N1CCCC1. The van der Waals surface area contributed by atoms with Crippen molar-refractivity contribution in [2.75, 3.05) is 26.2 Å². The van der Waals surface area contributed by atoms with Crippen molar-refractivity contribution in [2.45, 2.75) is 31.4 Å². The Morgan fingerprint density at radius 1 is 0.897 bits per heavy atom. The molecule has 0 saturated carbocycles. The highest BCUT2D eigenvalue weighted by molar-refractivity contribution is 5.89. The molecule has 0 radical (unpaired) electrons. The molecule has 2 amide bonds. The van der Waals surface area contributed by atoms with Gasteiger partial charge in [0.25, 0.3) is 5.91 Å². The van der Waals surface area contributed by atoms with Crippen molar-refractivity contribution in [3.63, 3.8) is 0 Å². The lowest BCUT2D eigenvalue weighted by molar-refractivity contribution is -0.144. The largest absolute Gasteiger partial charge is 0.488 e. The van der Waals surface area contributed by atoms with Crippen molar-refractivity contribution in [1.82, 2.24) is 9.80 Å². The van der Waals surface area contributed by atoms with Gasteiger partial charge in [0.15, 0.2) is 6.61 Å². The standard InChI is InChI=1S/C23H26N2O4/c26-22(17-28-18-9-3-1-4-10-18)25-16-20(29-19-11-5-2-6-12-19)15-21(25)23(27)24-13-7-8-14-24/h1-6,9-12,20-21H,7-8,13-17H2. The summed E-state index contributed by atoms with van der Waals surface area (Å²) in [6, 6.07) is 18.3. The normalized spacial score (nSPS) is 21.2. The molecule has 2 aliphatic rings. The van der Waals surface area contributed by atoms with Gasteiger partial charge in [0.2, 0.25) is 5.91 Å². The zero-order valence-corrected chi connectivity index (χ0v) is 16.4. The van der Waals surface area contributed by atoms with Gasteiger partial charge in [-0.1, -0.05) is 36.4 Å². The van der Waals surface area contributed by atoms with Gasteiger partial charge in [-0.15, -0.1) is 0 Å². The quantitative estimate of drug-likeness (QED) is 0.756. The maximum absolute atomic E-state index is 13.1. The Kier molecular flexibility index (Phi) is 5.98. The van der Waals surface area contributed by atoms with Gasteiger partial charge in [-0.3, -0.25) is 9.59 Å². The Labute approximate surface area is 171 Å². The Balaban J connectivity index is 1.44. The molecule has 2 aromatic carbocycles. The summed E-state index contributed by atoms with van der Waals surface area (Å²) < 4.78 is 11.7. The first-order chi connectivity index (χ1) is 14.2. The minimum absolute atomic E-state index is 0.0229. The van der Waals surface area contributed by atoms with Gasteiger partial charge < -0.3 is 19.3 Å². The lowest BCUT2D eigenvalue weighted by atomic mass is 10.1. The Morgan fingerprint density at radius 3 is 2.17 bits per heavy atom. The molecule has 2 fully saturated rings. The molecule has 6 heteroatoms. The molecule has 2 saturated heterocycles. The van der Waals surface area contributed by atoms with Crippen molar-refractivity contribution < 1.29 is 19.1 Å². The zero-order chi connectivity index (χ0) is 20.1. The molecule has 0 aromatic heterocycles. The molecule has 2 aliphatic heterocycles. The Bertz CT molecular complexity index is 821. The van der Waals surface area contributed by atoms with Gasteiger partial charge in [-0.25, -0.2) is 0 Å². The maximum Gasteiger partial charge on any atom is 0.261 e. The van der Waals surface area contributed by atoms with E-state index in [9.17, 15) is 9.59 Å². The smallest absolute Gasteiger partial charge is 0.261 e. The van der Waals surface area contributed by atoms with Crippen LogP contribution in [0.4, 0.5) is 0 Å². The fourth-order valence-corrected chi connectivity index (χ4v) is 3.98. The number of para-hydroxylation sites is 2. The number of amides is 2. The van der Waals surface area contributed by atoms with E-state index in [1.807, 2.05) is 65.6 Å². The first kappa shape index (κ1) is 19.3. The van der Waals surface area contributed by atoms with E-state index in [4.69, 9.17) is 9.47 Å². The number of nitrogens with zero attached hydrogens (tertiary/aromatic N) is 2. The molecule has 0 bridgehead atoms. The molecular formula is C23H26N2O4. The number of likely N-dealkylation sites (tertiary alicyclic amines) is 2. The van der Waals surface area contributed by atoms with Crippen LogP contribution in [0.3, 0.4) is 0 Å². The molecule has 152 valence electrons. The second-order valence-electron chi connectivity index (χ2n) is 7.48. The van der Waals surface area contributed by atoms with Crippen LogP contribution < -0.4 is 9.47 Å². The number of benzene rings is 2. The van der Waals surface area contributed by atoms with Gasteiger partial charge >= 0.3 is 0 Å². The number of carbonyl (C=O) groups is 2. The van der Waals surface area contributed by atoms with E-state index < -0.39 is 6.04 Å². The lowest BCUT2D eigenvalue weighted by Gasteiger charge is -2.27. The second kappa shape index (κ2) is 8.99. The number of ether oxygens (including phenoxy) is 2. The third-order valence-corrected chi connectivity index (χ3v) is 5.44. The average molecular weight is 394 g/mol. The highest BCUT2D eigenvalue weighted by Gasteiger charge is 2.42. The van der Waals surface area contributed by atoms with Crippen molar-refractivity contribution in [1.29, 1.82) is 0 Å². The molecule has 0 N–H and O–H groups in total. The van der Waals surface area contributed by atoms with Crippen LogP contribution in [0.15, 0.2) is 60.7 Å². The number of carbonyl (C=O) groups excluding carboxylic acids is 2. The van der Waals surface area contributed by atoms with Crippen LogP contribution in [0.1, 0.15) is 19.3 Å². The molecule has 2 heterocycles. The predicted molar refractivity (Wildman–Crippen MR) is 109 cm³/mol. The van der Waals surface area contributed by atoms with E-state index >= 15 is 0 Å². The fraction of sp³-hybridized carbons (Fsp3) is 0.391. The molecule has 4 rings (SSSR count). The first-order valence-corrected chi connectivity index (χ1v) is 10.2. The van der Waals surface area contributed by atoms with Gasteiger partial charge in [0.05, 0.1) is 6.54 Å². The summed E-state index contributed by atoms with van der Waals surface area (Å²) in [6.07, 6.45) is 2.33. The molecule has 2 aromatic rings. The third-order valence-electron chi connectivity index (χ3n) is 5.44. The zero-order valence-electron chi connectivity index (χ0n) is 16.4. The van der Waals surface area contributed by atoms with Gasteiger partial charge in [0, 0.05) is 19.5 Å². The Hall–Kier alpha value is -3.02. The van der Waals surface area contributed by atoms with E-state index in [2.05, 4.69) is 0 Å². The summed E-state index contributed by atoms with van der Waals surface area (Å²) in [6.45, 7) is 1.83. The fourth-order valence-electron chi connectivity index (χ4n) is 3.98. The summed E-state index contributed by atoms with van der Waals surface area (Å²) in [5.74, 6) is 1.22. The van der Waals surface area contributed by atoms with Gasteiger partial charge in [-0.05, 0) is 37.1 Å². The van der Waals surface area contributed by atoms with E-state index in [0.29, 0.717) is 18.7 Å². The molecule has 0 aliphatic carbocycles. The first-order valence-electron chi connectivity index (χ1n) is 10.2. The number of rotatable bonds is 6. The predicted octanol–water partition coefficient (Wildman–Crippen LogP) is 2.74. The maximum atomic E-state index is 13.1. The molecule has 6 nitrogen and oxygen atoms in total. The number of hydrogen-bond acceptors (Lipinski definition) is 4. The van der Waals surface area contributed by atoms with Crippen LogP contribution in [-0.2, 0) is 9.59 Å².